The Balaban J connectivity index is 2.28. The molecule has 3 aromatic rings. The average molecular weight is 325 g/mol. The van der Waals surface area contributed by atoms with E-state index in [0.29, 0.717) is 35.6 Å². The van der Waals surface area contributed by atoms with E-state index in [1.54, 1.807) is 29.7 Å². The van der Waals surface area contributed by atoms with Crippen LogP contribution in [0.2, 0.25) is 0 Å². The first-order valence-corrected chi connectivity index (χ1v) is 7.91. The first-order chi connectivity index (χ1) is 11.7. The molecule has 124 valence electrons. The molecule has 0 saturated carbocycles. The van der Waals surface area contributed by atoms with E-state index in [1.165, 1.54) is 0 Å². The van der Waals surface area contributed by atoms with Crippen molar-refractivity contribution in [3.05, 3.63) is 58.9 Å². The smallest absolute Gasteiger partial charge is 0.297 e. The molecular weight excluding hydrogens is 306 g/mol. The van der Waals surface area contributed by atoms with Gasteiger partial charge in [0.1, 0.15) is 11.5 Å². The minimum Gasteiger partial charge on any atom is -0.504 e. The van der Waals surface area contributed by atoms with Crippen molar-refractivity contribution in [3.8, 4) is 23.0 Å². The molecule has 0 saturated heterocycles. The van der Waals surface area contributed by atoms with Gasteiger partial charge in [-0.05, 0) is 38.1 Å². The van der Waals surface area contributed by atoms with Crippen molar-refractivity contribution in [2.75, 3.05) is 6.61 Å². The van der Waals surface area contributed by atoms with E-state index in [9.17, 15) is 9.90 Å². The maximum absolute atomic E-state index is 12.5. The monoisotopic (exact) mass is 325 g/mol. The highest BCUT2D eigenvalue weighted by molar-refractivity contribution is 5.93. The number of aromatic hydroxyl groups is 1. The fraction of sp³-hybridized carbons (Fsp3) is 0.211. The molecule has 0 radical (unpaired) electrons. The van der Waals surface area contributed by atoms with Gasteiger partial charge in [-0.2, -0.15) is 0 Å². The molecule has 0 fully saturated rings. The molecule has 0 aliphatic carbocycles. The summed E-state index contributed by atoms with van der Waals surface area (Å²) in [6, 6.07) is 14.6. The predicted octanol–water partition coefficient (Wildman–Crippen LogP) is 3.92. The Morgan fingerprint density at radius 2 is 1.79 bits per heavy atom. The van der Waals surface area contributed by atoms with Crippen LogP contribution >= 0.6 is 0 Å². The van der Waals surface area contributed by atoms with E-state index in [4.69, 9.17) is 9.47 Å². The zero-order valence-electron chi connectivity index (χ0n) is 13.7. The van der Waals surface area contributed by atoms with Gasteiger partial charge in [-0.3, -0.25) is 4.79 Å². The van der Waals surface area contributed by atoms with E-state index in [-0.39, 0.29) is 17.1 Å². The summed E-state index contributed by atoms with van der Waals surface area (Å²) >= 11 is 0. The second-order valence-electron chi connectivity index (χ2n) is 5.23. The number of hydrogen-bond donors (Lipinski definition) is 1. The van der Waals surface area contributed by atoms with E-state index in [2.05, 4.69) is 0 Å². The Hall–Kier alpha value is -2.95. The summed E-state index contributed by atoms with van der Waals surface area (Å²) in [7, 11) is 0. The van der Waals surface area contributed by atoms with Gasteiger partial charge in [0.15, 0.2) is 5.75 Å². The molecule has 2 aromatic carbocycles. The summed E-state index contributed by atoms with van der Waals surface area (Å²) in [5, 5.41) is 11.1. The Labute approximate surface area is 139 Å². The molecule has 1 aromatic heterocycles. The van der Waals surface area contributed by atoms with E-state index < -0.39 is 0 Å². The van der Waals surface area contributed by atoms with Crippen LogP contribution in [0.1, 0.15) is 13.8 Å². The number of aryl methyl sites for hydroxylation is 1. The number of fused-ring (bicyclic) bond motifs is 1. The van der Waals surface area contributed by atoms with Gasteiger partial charge in [0.2, 0.25) is 5.75 Å². The van der Waals surface area contributed by atoms with Crippen LogP contribution in [0.3, 0.4) is 0 Å². The van der Waals surface area contributed by atoms with Gasteiger partial charge in [0.05, 0.1) is 17.5 Å². The zero-order valence-corrected chi connectivity index (χ0v) is 13.7. The zero-order chi connectivity index (χ0) is 17.1. The second kappa shape index (κ2) is 6.66. The Morgan fingerprint density at radius 3 is 2.46 bits per heavy atom. The number of hydrogen-bond acceptors (Lipinski definition) is 4. The van der Waals surface area contributed by atoms with Gasteiger partial charge in [-0.25, -0.2) is 0 Å². The van der Waals surface area contributed by atoms with Crippen molar-refractivity contribution in [2.24, 2.45) is 0 Å². The summed E-state index contributed by atoms with van der Waals surface area (Å²) in [6.45, 7) is 4.40. The van der Waals surface area contributed by atoms with Crippen molar-refractivity contribution in [2.45, 2.75) is 20.4 Å². The molecule has 3 rings (SSSR count). The normalized spacial score (nSPS) is 10.8. The van der Waals surface area contributed by atoms with Gasteiger partial charge in [0, 0.05) is 6.54 Å². The summed E-state index contributed by atoms with van der Waals surface area (Å²) in [5.41, 5.74) is 0.262. The third kappa shape index (κ3) is 2.69. The maximum Gasteiger partial charge on any atom is 0.297 e. The SMILES string of the molecule is CCOc1c(O)c2c(Oc3ccccc3)cccc2n(CC)c1=O. The van der Waals surface area contributed by atoms with Crippen molar-refractivity contribution in [3.63, 3.8) is 0 Å². The number of nitrogens with zero attached hydrogens (tertiary/aromatic N) is 1. The molecule has 0 atom stereocenters. The largest absolute Gasteiger partial charge is 0.504 e. The van der Waals surface area contributed by atoms with Crippen LogP contribution in [0.4, 0.5) is 0 Å². The Morgan fingerprint density at radius 1 is 1.04 bits per heavy atom. The molecule has 0 amide bonds. The molecule has 24 heavy (non-hydrogen) atoms. The van der Waals surface area contributed by atoms with Gasteiger partial charge < -0.3 is 19.1 Å². The molecular formula is C19H19NO4. The minimum absolute atomic E-state index is 0.0454. The standard InChI is InChI=1S/C19H19NO4/c1-3-20-14-11-8-12-15(24-13-9-6-5-7-10-13)16(14)17(21)18(19(20)22)23-4-2/h5-12,21H,3-4H2,1-2H3. The summed E-state index contributed by atoms with van der Waals surface area (Å²) < 4.78 is 12.9. The van der Waals surface area contributed by atoms with Crippen molar-refractivity contribution >= 4 is 10.9 Å². The van der Waals surface area contributed by atoms with Crippen LogP contribution in [0.25, 0.3) is 10.9 Å². The van der Waals surface area contributed by atoms with Gasteiger partial charge >= 0.3 is 0 Å². The highest BCUT2D eigenvalue weighted by Gasteiger charge is 2.20. The van der Waals surface area contributed by atoms with Crippen molar-refractivity contribution in [1.29, 1.82) is 0 Å². The van der Waals surface area contributed by atoms with Crippen LogP contribution < -0.4 is 15.0 Å². The number of benzene rings is 2. The number of aromatic nitrogens is 1. The van der Waals surface area contributed by atoms with Crippen LogP contribution in [0.15, 0.2) is 53.3 Å². The van der Waals surface area contributed by atoms with Gasteiger partial charge in [-0.15, -0.1) is 0 Å². The third-order valence-electron chi connectivity index (χ3n) is 3.76. The van der Waals surface area contributed by atoms with Crippen molar-refractivity contribution < 1.29 is 14.6 Å². The van der Waals surface area contributed by atoms with E-state index >= 15 is 0 Å². The fourth-order valence-electron chi connectivity index (χ4n) is 2.72. The van der Waals surface area contributed by atoms with E-state index in [0.717, 1.165) is 0 Å². The molecule has 1 N–H and O–H groups in total. The molecule has 5 heteroatoms. The minimum atomic E-state index is -0.346. The van der Waals surface area contributed by atoms with Crippen LogP contribution in [0, 0.1) is 0 Å². The molecule has 0 aliphatic rings. The number of ether oxygens (including phenoxy) is 2. The maximum atomic E-state index is 12.5. The number of para-hydroxylation sites is 1. The van der Waals surface area contributed by atoms with E-state index in [1.807, 2.05) is 37.3 Å². The lowest BCUT2D eigenvalue weighted by Gasteiger charge is -2.16. The Bertz CT molecular complexity index is 916. The lowest BCUT2D eigenvalue weighted by molar-refractivity contribution is 0.312. The Kier molecular flexibility index (Phi) is 4.42. The lowest BCUT2D eigenvalue weighted by atomic mass is 10.1. The first kappa shape index (κ1) is 15.9. The second-order valence-corrected chi connectivity index (χ2v) is 5.23. The molecule has 1 heterocycles. The van der Waals surface area contributed by atoms with Gasteiger partial charge in [0.25, 0.3) is 5.56 Å². The summed E-state index contributed by atoms with van der Waals surface area (Å²) in [5.74, 6) is 0.889. The first-order valence-electron chi connectivity index (χ1n) is 7.91. The molecule has 0 unspecified atom stereocenters. The lowest BCUT2D eigenvalue weighted by Crippen LogP contribution is -2.22. The topological polar surface area (TPSA) is 60.7 Å². The molecule has 0 bridgehead atoms. The highest BCUT2D eigenvalue weighted by atomic mass is 16.5. The quantitative estimate of drug-likeness (QED) is 0.772. The van der Waals surface area contributed by atoms with Crippen LogP contribution in [0.5, 0.6) is 23.0 Å². The summed E-state index contributed by atoms with van der Waals surface area (Å²) in [6.07, 6.45) is 0. The van der Waals surface area contributed by atoms with Crippen molar-refractivity contribution in [1.82, 2.24) is 4.57 Å². The predicted molar refractivity (Wildman–Crippen MR) is 93.2 cm³/mol. The number of rotatable bonds is 5. The number of pyridine rings is 1. The summed E-state index contributed by atoms with van der Waals surface area (Å²) in [4.78, 5) is 12.5. The molecule has 0 spiro atoms. The van der Waals surface area contributed by atoms with Crippen LogP contribution in [-0.2, 0) is 6.54 Å². The molecule has 5 nitrogen and oxygen atoms in total. The van der Waals surface area contributed by atoms with Gasteiger partial charge in [-0.1, -0.05) is 24.3 Å². The third-order valence-corrected chi connectivity index (χ3v) is 3.76. The van der Waals surface area contributed by atoms with Crippen LogP contribution in [-0.4, -0.2) is 16.3 Å². The molecule has 0 aliphatic heterocycles. The highest BCUT2D eigenvalue weighted by Crippen LogP contribution is 2.39. The fourth-order valence-corrected chi connectivity index (χ4v) is 2.72. The average Bonchev–Trinajstić information content (AvgIpc) is 2.60.